The summed E-state index contributed by atoms with van der Waals surface area (Å²) in [6, 6.07) is 10.6. The van der Waals surface area contributed by atoms with Crippen LogP contribution in [0.1, 0.15) is 28.0 Å². The molecule has 0 fully saturated rings. The van der Waals surface area contributed by atoms with Gasteiger partial charge < -0.3 is 5.32 Å². The lowest BCUT2D eigenvalue weighted by Crippen LogP contribution is -2.20. The number of aryl methyl sites for hydroxylation is 2. The molecule has 1 unspecified atom stereocenters. The number of hydrogen-bond donors (Lipinski definition) is 1. The number of para-hydroxylation sites is 1. The topological polar surface area (TPSA) is 50.7 Å². The van der Waals surface area contributed by atoms with Gasteiger partial charge in [0, 0.05) is 12.5 Å². The predicted molar refractivity (Wildman–Crippen MR) is 86.6 cm³/mol. The highest BCUT2D eigenvalue weighted by Gasteiger charge is 2.16. The molecule has 2 heterocycles. The van der Waals surface area contributed by atoms with E-state index in [1.54, 1.807) is 11.3 Å². The van der Waals surface area contributed by atoms with Crippen LogP contribution in [-0.4, -0.2) is 22.2 Å². The summed E-state index contributed by atoms with van der Waals surface area (Å²) in [6.07, 6.45) is 0.863. The van der Waals surface area contributed by atoms with Gasteiger partial charge in [-0.25, -0.2) is 4.98 Å². The number of aromatic nitrogens is 3. The number of likely N-dealkylation sites (N-methyl/N-ethyl adjacent to an activating group) is 1. The molecule has 0 aliphatic rings. The third-order valence-corrected chi connectivity index (χ3v) is 4.64. The summed E-state index contributed by atoms with van der Waals surface area (Å²) >= 11 is 1.76. The van der Waals surface area contributed by atoms with E-state index in [2.05, 4.69) is 39.8 Å². The molecule has 0 aliphatic carbocycles. The molecule has 3 rings (SSSR count). The number of fused-ring (bicyclic) bond motifs is 1. The summed E-state index contributed by atoms with van der Waals surface area (Å²) in [7, 11) is 1.98. The molecule has 0 bridgehead atoms. The van der Waals surface area contributed by atoms with Crippen LogP contribution in [0.5, 0.6) is 0 Å². The second-order valence-corrected chi connectivity index (χ2v) is 6.26. The van der Waals surface area contributed by atoms with Crippen molar-refractivity contribution in [2.45, 2.75) is 26.3 Å². The Balaban J connectivity index is 1.91. The average molecular weight is 298 g/mol. The highest BCUT2D eigenvalue weighted by Crippen LogP contribution is 2.26. The summed E-state index contributed by atoms with van der Waals surface area (Å²) in [6.45, 7) is 3.98. The van der Waals surface area contributed by atoms with Crippen LogP contribution in [0.4, 0.5) is 0 Å². The lowest BCUT2D eigenvalue weighted by molar-refractivity contribution is 0.581. The summed E-state index contributed by atoms with van der Waals surface area (Å²) in [5, 5.41) is 12.9. The van der Waals surface area contributed by atoms with Gasteiger partial charge in [-0.3, -0.25) is 0 Å². The number of nitrogens with one attached hydrogen (secondary N) is 1. The van der Waals surface area contributed by atoms with Crippen LogP contribution in [-0.2, 0) is 6.42 Å². The first-order valence-electron chi connectivity index (χ1n) is 7.00. The Kier molecular flexibility index (Phi) is 3.94. The Bertz CT molecular complexity index is 733. The summed E-state index contributed by atoms with van der Waals surface area (Å²) in [5.41, 5.74) is 4.19. The van der Waals surface area contributed by atoms with E-state index in [1.807, 2.05) is 27.0 Å². The Hall–Kier alpha value is -1.85. The van der Waals surface area contributed by atoms with Gasteiger partial charge in [0.1, 0.15) is 0 Å². The Morgan fingerprint density at radius 3 is 2.76 bits per heavy atom. The molecule has 1 atom stereocenters. The lowest BCUT2D eigenvalue weighted by Gasteiger charge is -2.17. The van der Waals surface area contributed by atoms with E-state index < -0.39 is 0 Å². The minimum atomic E-state index is 0.208. The Morgan fingerprint density at radius 2 is 2.00 bits per heavy atom. The van der Waals surface area contributed by atoms with Crippen LogP contribution in [0.15, 0.2) is 30.3 Å². The molecule has 3 aromatic rings. The zero-order chi connectivity index (χ0) is 14.8. The smallest absolute Gasteiger partial charge is 0.0957 e. The molecule has 0 spiro atoms. The number of benzene rings is 1. The van der Waals surface area contributed by atoms with Crippen LogP contribution in [0.3, 0.4) is 0 Å². The van der Waals surface area contributed by atoms with E-state index >= 15 is 0 Å². The van der Waals surface area contributed by atoms with E-state index in [9.17, 15) is 0 Å². The van der Waals surface area contributed by atoms with Crippen LogP contribution >= 0.6 is 11.3 Å². The van der Waals surface area contributed by atoms with E-state index in [0.29, 0.717) is 0 Å². The average Bonchev–Trinajstić information content (AvgIpc) is 2.90. The first kappa shape index (κ1) is 14.1. The zero-order valence-electron chi connectivity index (χ0n) is 12.4. The maximum atomic E-state index is 4.72. The molecule has 4 nitrogen and oxygen atoms in total. The monoisotopic (exact) mass is 298 g/mol. The van der Waals surface area contributed by atoms with Crippen molar-refractivity contribution in [2.24, 2.45) is 0 Å². The summed E-state index contributed by atoms with van der Waals surface area (Å²) < 4.78 is 1.24. The van der Waals surface area contributed by atoms with Crippen molar-refractivity contribution in [1.29, 1.82) is 0 Å². The van der Waals surface area contributed by atoms with E-state index in [0.717, 1.165) is 28.3 Å². The quantitative estimate of drug-likeness (QED) is 0.803. The van der Waals surface area contributed by atoms with Crippen molar-refractivity contribution in [3.63, 3.8) is 0 Å². The Labute approximate surface area is 128 Å². The van der Waals surface area contributed by atoms with Gasteiger partial charge in [0.15, 0.2) is 0 Å². The molecule has 5 heteroatoms. The first-order chi connectivity index (χ1) is 10.2. The van der Waals surface area contributed by atoms with Gasteiger partial charge >= 0.3 is 0 Å². The molecular formula is C16H18N4S. The van der Waals surface area contributed by atoms with Gasteiger partial charge in [0.25, 0.3) is 0 Å². The number of thiazole rings is 1. The van der Waals surface area contributed by atoms with E-state index in [1.165, 1.54) is 10.3 Å². The third-order valence-electron chi connectivity index (χ3n) is 3.58. The number of rotatable bonds is 4. The minimum absolute atomic E-state index is 0.208. The van der Waals surface area contributed by atoms with Crippen LogP contribution in [0.25, 0.3) is 10.2 Å². The van der Waals surface area contributed by atoms with Gasteiger partial charge in [-0.15, -0.1) is 11.3 Å². The van der Waals surface area contributed by atoms with E-state index in [-0.39, 0.29) is 6.04 Å². The second-order valence-electron chi connectivity index (χ2n) is 5.15. The van der Waals surface area contributed by atoms with Crippen molar-refractivity contribution in [3.05, 3.63) is 52.3 Å². The molecule has 2 aromatic heterocycles. The SMILES string of the molecule is CNC(Cc1nc2ccccc2s1)c1cc(C)nnc1C. The van der Waals surface area contributed by atoms with Gasteiger partial charge in [0.2, 0.25) is 0 Å². The van der Waals surface area contributed by atoms with Crippen molar-refractivity contribution in [2.75, 3.05) is 7.05 Å². The fourth-order valence-corrected chi connectivity index (χ4v) is 3.48. The zero-order valence-corrected chi connectivity index (χ0v) is 13.2. The highest BCUT2D eigenvalue weighted by molar-refractivity contribution is 7.18. The Morgan fingerprint density at radius 1 is 1.19 bits per heavy atom. The molecule has 108 valence electrons. The lowest BCUT2D eigenvalue weighted by atomic mass is 10.0. The van der Waals surface area contributed by atoms with E-state index in [4.69, 9.17) is 4.98 Å². The fraction of sp³-hybridized carbons (Fsp3) is 0.312. The largest absolute Gasteiger partial charge is 0.313 e. The summed E-state index contributed by atoms with van der Waals surface area (Å²) in [5.74, 6) is 0. The fourth-order valence-electron chi connectivity index (χ4n) is 2.47. The number of nitrogens with zero attached hydrogens (tertiary/aromatic N) is 3. The maximum Gasteiger partial charge on any atom is 0.0957 e. The van der Waals surface area contributed by atoms with Crippen LogP contribution in [0.2, 0.25) is 0 Å². The molecule has 0 aliphatic heterocycles. The standard InChI is InChI=1S/C16H18N4S/c1-10-8-12(11(2)20-19-10)14(17-3)9-16-18-13-6-4-5-7-15(13)21-16/h4-8,14,17H,9H2,1-3H3. The van der Waals surface area contributed by atoms with Crippen molar-refractivity contribution in [3.8, 4) is 0 Å². The molecule has 21 heavy (non-hydrogen) atoms. The molecule has 1 N–H and O–H groups in total. The molecular weight excluding hydrogens is 280 g/mol. The predicted octanol–water partition coefficient (Wildman–Crippen LogP) is 3.21. The molecule has 0 saturated heterocycles. The van der Waals surface area contributed by atoms with Crippen molar-refractivity contribution in [1.82, 2.24) is 20.5 Å². The molecule has 0 saturated carbocycles. The normalized spacial score (nSPS) is 12.7. The van der Waals surface area contributed by atoms with Crippen molar-refractivity contribution >= 4 is 21.6 Å². The van der Waals surface area contributed by atoms with Gasteiger partial charge in [-0.2, -0.15) is 10.2 Å². The van der Waals surface area contributed by atoms with Crippen LogP contribution in [0, 0.1) is 13.8 Å². The van der Waals surface area contributed by atoms with Crippen molar-refractivity contribution < 1.29 is 0 Å². The molecule has 1 aromatic carbocycles. The van der Waals surface area contributed by atoms with Gasteiger partial charge in [0.05, 0.1) is 26.6 Å². The van der Waals surface area contributed by atoms with Crippen LogP contribution < -0.4 is 5.32 Å². The maximum absolute atomic E-state index is 4.72. The van der Waals surface area contributed by atoms with Gasteiger partial charge in [-0.1, -0.05) is 12.1 Å². The summed E-state index contributed by atoms with van der Waals surface area (Å²) in [4.78, 5) is 4.72. The highest BCUT2D eigenvalue weighted by atomic mass is 32.1. The molecule has 0 radical (unpaired) electrons. The van der Waals surface area contributed by atoms with Gasteiger partial charge in [-0.05, 0) is 44.7 Å². The second kappa shape index (κ2) is 5.87. The minimum Gasteiger partial charge on any atom is -0.313 e. The first-order valence-corrected chi connectivity index (χ1v) is 7.81. The number of hydrogen-bond acceptors (Lipinski definition) is 5. The third kappa shape index (κ3) is 2.94. The molecule has 0 amide bonds.